The van der Waals surface area contributed by atoms with Crippen LogP contribution in [0.1, 0.15) is 44.2 Å². The molecule has 158 valence electrons. The zero-order valence-electron chi connectivity index (χ0n) is 18.0. The molecule has 2 saturated heterocycles. The Labute approximate surface area is 173 Å². The Morgan fingerprint density at radius 3 is 2.90 bits per heavy atom. The molecule has 2 aliphatic heterocycles. The fraction of sp³-hybridized carbons (Fsp3) is 0.682. The highest BCUT2D eigenvalue weighted by atomic mass is 16.2. The molecule has 2 fully saturated rings. The van der Waals surface area contributed by atoms with Crippen molar-refractivity contribution < 1.29 is 4.79 Å². The topological polar surface area (TPSA) is 57.5 Å². The van der Waals surface area contributed by atoms with E-state index in [0.29, 0.717) is 18.5 Å². The van der Waals surface area contributed by atoms with E-state index in [0.717, 1.165) is 55.9 Å². The van der Waals surface area contributed by atoms with Crippen molar-refractivity contribution in [1.29, 1.82) is 0 Å². The first kappa shape index (κ1) is 20.3. The van der Waals surface area contributed by atoms with Crippen LogP contribution < -0.4 is 0 Å². The lowest BCUT2D eigenvalue weighted by atomic mass is 10.0. The number of nitrogens with zero attached hydrogens (tertiary/aromatic N) is 6. The Morgan fingerprint density at radius 1 is 1.24 bits per heavy atom. The van der Waals surface area contributed by atoms with E-state index in [1.54, 1.807) is 0 Å². The standard InChI is InChI=1S/C22H34N6O/c1-17-7-4-5-11-26(17)16-20(29)27-12-9-18(15-27)21-19-8-6-10-23-22(19)28(24-21)14-13-25(2)3/h6,8,10,17-18H,4-5,7,9,11-16H2,1-3H3/t17-,18-/m1/s1. The van der Waals surface area contributed by atoms with Crippen molar-refractivity contribution in [2.75, 3.05) is 46.8 Å². The van der Waals surface area contributed by atoms with Crippen molar-refractivity contribution in [1.82, 2.24) is 29.5 Å². The molecule has 0 radical (unpaired) electrons. The van der Waals surface area contributed by atoms with Crippen molar-refractivity contribution in [3.63, 3.8) is 0 Å². The molecule has 2 atom stereocenters. The van der Waals surface area contributed by atoms with Crippen molar-refractivity contribution in [3.05, 3.63) is 24.0 Å². The number of piperidine rings is 1. The zero-order valence-corrected chi connectivity index (χ0v) is 18.0. The molecule has 0 bridgehead atoms. The number of hydrogen-bond acceptors (Lipinski definition) is 5. The molecule has 7 heteroatoms. The summed E-state index contributed by atoms with van der Waals surface area (Å²) >= 11 is 0. The van der Waals surface area contributed by atoms with Crippen LogP contribution in [0.15, 0.2) is 18.3 Å². The molecule has 0 spiro atoms. The first-order valence-electron chi connectivity index (χ1n) is 11.0. The van der Waals surface area contributed by atoms with E-state index in [-0.39, 0.29) is 5.91 Å². The van der Waals surface area contributed by atoms with Crippen molar-refractivity contribution >= 4 is 16.9 Å². The molecular weight excluding hydrogens is 364 g/mol. The van der Waals surface area contributed by atoms with Gasteiger partial charge in [0, 0.05) is 43.2 Å². The third-order valence-electron chi connectivity index (χ3n) is 6.50. The lowest BCUT2D eigenvalue weighted by Crippen LogP contribution is -2.45. The van der Waals surface area contributed by atoms with Crippen LogP contribution >= 0.6 is 0 Å². The molecule has 7 nitrogen and oxygen atoms in total. The van der Waals surface area contributed by atoms with Gasteiger partial charge >= 0.3 is 0 Å². The van der Waals surface area contributed by atoms with Crippen LogP contribution in [0, 0.1) is 0 Å². The van der Waals surface area contributed by atoms with Crippen molar-refractivity contribution in [3.8, 4) is 0 Å². The van der Waals surface area contributed by atoms with Crippen LogP contribution in [0.5, 0.6) is 0 Å². The summed E-state index contributed by atoms with van der Waals surface area (Å²) in [7, 11) is 4.15. The van der Waals surface area contributed by atoms with Gasteiger partial charge in [0.25, 0.3) is 0 Å². The lowest BCUT2D eigenvalue weighted by molar-refractivity contribution is -0.132. The maximum atomic E-state index is 12.9. The molecule has 0 aliphatic carbocycles. The number of carbonyl (C=O) groups excluding carboxylic acids is 1. The highest BCUT2D eigenvalue weighted by Crippen LogP contribution is 2.31. The average molecular weight is 399 g/mol. The van der Waals surface area contributed by atoms with Gasteiger partial charge in [0.05, 0.1) is 18.8 Å². The molecule has 1 amide bonds. The van der Waals surface area contributed by atoms with E-state index >= 15 is 0 Å². The number of likely N-dealkylation sites (tertiary alicyclic amines) is 2. The fourth-order valence-electron chi connectivity index (χ4n) is 4.66. The normalized spacial score (nSPS) is 23.4. The first-order chi connectivity index (χ1) is 14.0. The van der Waals surface area contributed by atoms with E-state index in [2.05, 4.69) is 41.9 Å². The van der Waals surface area contributed by atoms with Gasteiger partial charge in [-0.15, -0.1) is 0 Å². The zero-order chi connectivity index (χ0) is 20.4. The maximum Gasteiger partial charge on any atom is 0.236 e. The molecule has 2 aliphatic rings. The molecule has 0 unspecified atom stereocenters. The minimum atomic E-state index is 0.274. The third-order valence-corrected chi connectivity index (χ3v) is 6.50. The summed E-state index contributed by atoms with van der Waals surface area (Å²) in [5.41, 5.74) is 2.06. The number of carbonyl (C=O) groups is 1. The van der Waals surface area contributed by atoms with Crippen LogP contribution in [-0.4, -0.2) is 88.2 Å². The quantitative estimate of drug-likeness (QED) is 0.747. The van der Waals surface area contributed by atoms with Gasteiger partial charge in [-0.25, -0.2) is 9.67 Å². The fourth-order valence-corrected chi connectivity index (χ4v) is 4.66. The summed E-state index contributed by atoms with van der Waals surface area (Å²) in [5, 5.41) is 6.08. The summed E-state index contributed by atoms with van der Waals surface area (Å²) in [4.78, 5) is 24.1. The van der Waals surface area contributed by atoms with Gasteiger partial charge in [0.1, 0.15) is 0 Å². The SMILES string of the molecule is C[C@@H]1CCCCN1CC(=O)N1CC[C@@H](c2nn(CCN(C)C)c3ncccc23)C1. The molecule has 4 rings (SSSR count). The van der Waals surface area contributed by atoms with Crippen LogP contribution in [0.3, 0.4) is 0 Å². The second kappa shape index (κ2) is 8.79. The number of amides is 1. The predicted molar refractivity (Wildman–Crippen MR) is 115 cm³/mol. The number of rotatable bonds is 6. The predicted octanol–water partition coefficient (Wildman–Crippen LogP) is 2.18. The highest BCUT2D eigenvalue weighted by molar-refractivity contribution is 5.80. The number of hydrogen-bond donors (Lipinski definition) is 0. The summed E-state index contributed by atoms with van der Waals surface area (Å²) in [5.74, 6) is 0.570. The van der Waals surface area contributed by atoms with E-state index in [4.69, 9.17) is 5.10 Å². The van der Waals surface area contributed by atoms with E-state index < -0.39 is 0 Å². The second-order valence-corrected chi connectivity index (χ2v) is 8.93. The molecule has 0 N–H and O–H groups in total. The number of aromatic nitrogens is 3. The van der Waals surface area contributed by atoms with Gasteiger partial charge in [-0.3, -0.25) is 9.69 Å². The molecule has 4 heterocycles. The number of fused-ring (bicyclic) bond motifs is 1. The Balaban J connectivity index is 1.46. The van der Waals surface area contributed by atoms with Crippen LogP contribution in [-0.2, 0) is 11.3 Å². The minimum absolute atomic E-state index is 0.274. The van der Waals surface area contributed by atoms with Gasteiger partial charge in [-0.2, -0.15) is 5.10 Å². The molecule has 0 aromatic carbocycles. The molecule has 29 heavy (non-hydrogen) atoms. The van der Waals surface area contributed by atoms with Gasteiger partial charge in [0.15, 0.2) is 5.65 Å². The van der Waals surface area contributed by atoms with E-state index in [1.807, 2.05) is 21.8 Å². The van der Waals surface area contributed by atoms with Crippen LogP contribution in [0.2, 0.25) is 0 Å². The monoisotopic (exact) mass is 398 g/mol. The minimum Gasteiger partial charge on any atom is -0.341 e. The molecule has 2 aromatic heterocycles. The van der Waals surface area contributed by atoms with Crippen molar-refractivity contribution in [2.45, 2.75) is 51.1 Å². The maximum absolute atomic E-state index is 12.9. The Kier molecular flexibility index (Phi) is 6.15. The van der Waals surface area contributed by atoms with E-state index in [9.17, 15) is 4.79 Å². The summed E-state index contributed by atoms with van der Waals surface area (Å²) in [6.45, 7) is 7.22. The second-order valence-electron chi connectivity index (χ2n) is 8.93. The van der Waals surface area contributed by atoms with Gasteiger partial charge in [-0.1, -0.05) is 6.42 Å². The van der Waals surface area contributed by atoms with Gasteiger partial charge < -0.3 is 9.80 Å². The van der Waals surface area contributed by atoms with Gasteiger partial charge in [-0.05, 0) is 59.0 Å². The molecular formula is C22H34N6O. The Morgan fingerprint density at radius 2 is 2.10 bits per heavy atom. The molecule has 0 saturated carbocycles. The summed E-state index contributed by atoms with van der Waals surface area (Å²) < 4.78 is 2.03. The Bertz CT molecular complexity index is 847. The largest absolute Gasteiger partial charge is 0.341 e. The van der Waals surface area contributed by atoms with Crippen molar-refractivity contribution in [2.24, 2.45) is 0 Å². The van der Waals surface area contributed by atoms with Crippen LogP contribution in [0.4, 0.5) is 0 Å². The lowest BCUT2D eigenvalue weighted by Gasteiger charge is -2.33. The van der Waals surface area contributed by atoms with Crippen LogP contribution in [0.25, 0.3) is 11.0 Å². The Hall–Kier alpha value is -1.99. The highest BCUT2D eigenvalue weighted by Gasteiger charge is 2.32. The smallest absolute Gasteiger partial charge is 0.236 e. The number of likely N-dealkylation sites (N-methyl/N-ethyl adjacent to an activating group) is 1. The third kappa shape index (κ3) is 4.46. The first-order valence-corrected chi connectivity index (χ1v) is 11.0. The summed E-state index contributed by atoms with van der Waals surface area (Å²) in [6.07, 6.45) is 6.53. The van der Waals surface area contributed by atoms with E-state index in [1.165, 1.54) is 19.3 Å². The number of pyridine rings is 1. The van der Waals surface area contributed by atoms with Gasteiger partial charge in [0.2, 0.25) is 5.91 Å². The average Bonchev–Trinajstić information content (AvgIpc) is 3.33. The summed E-state index contributed by atoms with van der Waals surface area (Å²) in [6, 6.07) is 4.63. The molecule has 2 aromatic rings.